The lowest BCUT2D eigenvalue weighted by Crippen LogP contribution is -2.33. The number of anilines is 1. The molecule has 0 amide bonds. The van der Waals surface area contributed by atoms with E-state index in [1.54, 1.807) is 0 Å². The molecule has 3 heterocycles. The first-order chi connectivity index (χ1) is 9.63. The van der Waals surface area contributed by atoms with Gasteiger partial charge in [0.15, 0.2) is 6.23 Å². The zero-order valence-electron chi connectivity index (χ0n) is 10.5. The van der Waals surface area contributed by atoms with Crippen LogP contribution in [0.1, 0.15) is 18.0 Å². The fourth-order valence-corrected chi connectivity index (χ4v) is 2.42. The van der Waals surface area contributed by atoms with Crippen molar-refractivity contribution >= 4 is 12.2 Å². The van der Waals surface area contributed by atoms with Crippen LogP contribution in [-0.4, -0.2) is 67.8 Å². The summed E-state index contributed by atoms with van der Waals surface area (Å²) in [4.78, 5) is 8.03. The van der Waals surface area contributed by atoms with E-state index in [0.29, 0.717) is 11.5 Å². The highest BCUT2D eigenvalue weighted by atomic mass is 16.6. The molecular formula is C11H16N4O5. The summed E-state index contributed by atoms with van der Waals surface area (Å²) >= 11 is 0. The van der Waals surface area contributed by atoms with Crippen LogP contribution >= 0.6 is 0 Å². The Bertz CT molecular complexity index is 519. The van der Waals surface area contributed by atoms with Crippen molar-refractivity contribution in [3.63, 3.8) is 0 Å². The molecule has 1 aromatic heterocycles. The van der Waals surface area contributed by atoms with Crippen molar-refractivity contribution in [1.29, 1.82) is 0 Å². The van der Waals surface area contributed by atoms with E-state index < -0.39 is 37.3 Å². The molecule has 2 aliphatic rings. The first-order valence-corrected chi connectivity index (χ1v) is 6.25. The van der Waals surface area contributed by atoms with E-state index in [4.69, 9.17) is 9.84 Å². The third-order valence-corrected chi connectivity index (χ3v) is 3.50. The molecule has 0 spiro atoms. The van der Waals surface area contributed by atoms with E-state index in [-0.39, 0.29) is 6.54 Å². The molecule has 0 aliphatic carbocycles. The maximum atomic E-state index is 10.0. The Morgan fingerprint density at radius 1 is 1.35 bits per heavy atom. The standard InChI is InChI=1S/C11H16N4O5/c16-2-6-8(18)9(19)11(20-6)15-4-14-7-5(17)1-12-3-13-10(7)15/h3-6,8-9,11,16-19H,1-2H2,(H,12,13). The Morgan fingerprint density at radius 3 is 2.85 bits per heavy atom. The first kappa shape index (κ1) is 13.5. The predicted molar refractivity (Wildman–Crippen MR) is 67.2 cm³/mol. The van der Waals surface area contributed by atoms with Gasteiger partial charge in [0.05, 0.1) is 25.8 Å². The lowest BCUT2D eigenvalue weighted by Gasteiger charge is -2.19. The third-order valence-electron chi connectivity index (χ3n) is 3.50. The van der Waals surface area contributed by atoms with Crippen LogP contribution in [0.15, 0.2) is 11.3 Å². The van der Waals surface area contributed by atoms with Crippen LogP contribution < -0.4 is 5.32 Å². The Labute approximate surface area is 114 Å². The van der Waals surface area contributed by atoms with E-state index in [1.165, 1.54) is 17.2 Å². The van der Waals surface area contributed by atoms with Crippen molar-refractivity contribution < 1.29 is 25.2 Å². The Hall–Kier alpha value is -1.52. The fourth-order valence-electron chi connectivity index (χ4n) is 2.42. The Kier molecular flexibility index (Phi) is 3.44. The van der Waals surface area contributed by atoms with Crippen LogP contribution in [0.5, 0.6) is 0 Å². The van der Waals surface area contributed by atoms with Crippen LogP contribution in [0.4, 0.5) is 5.82 Å². The van der Waals surface area contributed by atoms with Crippen LogP contribution in [0.25, 0.3) is 0 Å². The summed E-state index contributed by atoms with van der Waals surface area (Å²) in [6.07, 6.45) is -2.18. The van der Waals surface area contributed by atoms with Crippen LogP contribution in [-0.2, 0) is 4.74 Å². The summed E-state index contributed by atoms with van der Waals surface area (Å²) < 4.78 is 6.90. The van der Waals surface area contributed by atoms with Gasteiger partial charge in [-0.15, -0.1) is 0 Å². The summed E-state index contributed by atoms with van der Waals surface area (Å²) in [6, 6.07) is 0. The zero-order chi connectivity index (χ0) is 14.3. The number of aliphatic hydroxyl groups excluding tert-OH is 4. The second kappa shape index (κ2) is 5.11. The van der Waals surface area contributed by atoms with Crippen molar-refractivity contribution in [3.05, 3.63) is 12.0 Å². The maximum absolute atomic E-state index is 10.0. The van der Waals surface area contributed by atoms with Gasteiger partial charge < -0.3 is 30.5 Å². The maximum Gasteiger partial charge on any atom is 0.165 e. The molecule has 3 rings (SSSR count). The van der Waals surface area contributed by atoms with Gasteiger partial charge in [-0.2, -0.15) is 0 Å². The first-order valence-electron chi connectivity index (χ1n) is 6.25. The number of aliphatic imine (C=N–C) groups is 1. The van der Waals surface area contributed by atoms with E-state index in [9.17, 15) is 15.3 Å². The van der Waals surface area contributed by atoms with Crippen molar-refractivity contribution in [2.45, 2.75) is 30.6 Å². The van der Waals surface area contributed by atoms with Crippen molar-refractivity contribution in [2.75, 3.05) is 18.5 Å². The summed E-state index contributed by atoms with van der Waals surface area (Å²) in [5, 5.41) is 41.6. The number of hydrogen-bond donors (Lipinski definition) is 5. The largest absolute Gasteiger partial charge is 0.394 e. The van der Waals surface area contributed by atoms with Crippen molar-refractivity contribution in [1.82, 2.24) is 9.55 Å². The lowest BCUT2D eigenvalue weighted by atomic mass is 10.1. The summed E-state index contributed by atoms with van der Waals surface area (Å²) in [6.45, 7) is -0.212. The quantitative estimate of drug-likeness (QED) is 0.423. The topological polar surface area (TPSA) is 132 Å². The number of nitrogens with zero attached hydrogens (tertiary/aromatic N) is 3. The highest BCUT2D eigenvalue weighted by Crippen LogP contribution is 2.34. The minimum absolute atomic E-state index is 0.187. The molecule has 9 nitrogen and oxygen atoms in total. The molecular weight excluding hydrogens is 268 g/mol. The minimum atomic E-state index is -1.20. The smallest absolute Gasteiger partial charge is 0.165 e. The molecule has 0 aromatic carbocycles. The highest BCUT2D eigenvalue weighted by molar-refractivity contribution is 5.76. The second-order valence-corrected chi connectivity index (χ2v) is 4.77. The second-order valence-electron chi connectivity index (χ2n) is 4.77. The fraction of sp³-hybridized carbons (Fsp3) is 0.636. The number of aromatic nitrogens is 2. The van der Waals surface area contributed by atoms with Crippen LogP contribution in [0.3, 0.4) is 0 Å². The molecule has 0 saturated carbocycles. The highest BCUT2D eigenvalue weighted by Gasteiger charge is 2.44. The Morgan fingerprint density at radius 2 is 2.15 bits per heavy atom. The summed E-state index contributed by atoms with van der Waals surface area (Å²) in [7, 11) is 0. The van der Waals surface area contributed by atoms with Crippen LogP contribution in [0.2, 0.25) is 0 Å². The lowest BCUT2D eigenvalue weighted by molar-refractivity contribution is -0.0518. The molecule has 5 atom stereocenters. The number of nitrogens with one attached hydrogen (secondary N) is 1. The van der Waals surface area contributed by atoms with Gasteiger partial charge in [-0.25, -0.2) is 4.98 Å². The average molecular weight is 284 g/mol. The van der Waals surface area contributed by atoms with Gasteiger partial charge >= 0.3 is 0 Å². The monoisotopic (exact) mass is 284 g/mol. The SMILES string of the molecule is OCC1OC(n2cnc3c2NC=NCC3O)C(O)C1O. The number of ether oxygens (including phenoxy) is 1. The number of fused-ring (bicyclic) bond motifs is 1. The zero-order valence-corrected chi connectivity index (χ0v) is 10.5. The van der Waals surface area contributed by atoms with Crippen molar-refractivity contribution in [2.24, 2.45) is 4.99 Å². The molecule has 9 heteroatoms. The number of imidazole rings is 1. The van der Waals surface area contributed by atoms with E-state index in [0.717, 1.165) is 0 Å². The average Bonchev–Trinajstić information content (AvgIpc) is 2.92. The van der Waals surface area contributed by atoms with Gasteiger partial charge in [-0.1, -0.05) is 0 Å². The van der Waals surface area contributed by atoms with Gasteiger partial charge in [0, 0.05) is 0 Å². The predicted octanol–water partition coefficient (Wildman–Crippen LogP) is -2.02. The molecule has 2 aliphatic heterocycles. The molecule has 1 aromatic rings. The number of rotatable bonds is 2. The summed E-state index contributed by atoms with van der Waals surface area (Å²) in [5.41, 5.74) is 0.389. The minimum Gasteiger partial charge on any atom is -0.394 e. The Balaban J connectivity index is 1.94. The normalized spacial score (nSPS) is 36.5. The number of aliphatic hydroxyl groups is 4. The molecule has 0 radical (unpaired) electrons. The van der Waals surface area contributed by atoms with Crippen LogP contribution in [0, 0.1) is 0 Å². The van der Waals surface area contributed by atoms with E-state index in [2.05, 4.69) is 15.3 Å². The molecule has 5 unspecified atom stereocenters. The molecule has 0 bridgehead atoms. The molecule has 110 valence electrons. The van der Waals surface area contributed by atoms with Gasteiger partial charge in [0.1, 0.15) is 35.9 Å². The summed E-state index contributed by atoms with van der Waals surface area (Å²) in [5.74, 6) is 0.439. The molecule has 1 saturated heterocycles. The van der Waals surface area contributed by atoms with E-state index >= 15 is 0 Å². The molecule has 1 fully saturated rings. The van der Waals surface area contributed by atoms with E-state index in [1.807, 2.05) is 0 Å². The van der Waals surface area contributed by atoms with Gasteiger partial charge in [-0.3, -0.25) is 9.56 Å². The number of hydrogen-bond acceptors (Lipinski definition) is 8. The van der Waals surface area contributed by atoms with Gasteiger partial charge in [0.2, 0.25) is 0 Å². The third kappa shape index (κ3) is 2.00. The van der Waals surface area contributed by atoms with Gasteiger partial charge in [0.25, 0.3) is 0 Å². The van der Waals surface area contributed by atoms with Crippen molar-refractivity contribution in [3.8, 4) is 0 Å². The van der Waals surface area contributed by atoms with Gasteiger partial charge in [-0.05, 0) is 0 Å². The molecule has 5 N–H and O–H groups in total. The molecule has 20 heavy (non-hydrogen) atoms.